The van der Waals surface area contributed by atoms with Crippen LogP contribution in [0.15, 0.2) is 35.1 Å². The average molecular weight is 251 g/mol. The molecule has 92 valence electrons. The van der Waals surface area contributed by atoms with Crippen molar-refractivity contribution in [1.82, 2.24) is 4.90 Å². The van der Waals surface area contributed by atoms with E-state index in [-0.39, 0.29) is 5.82 Å². The number of benzene rings is 1. The summed E-state index contributed by atoms with van der Waals surface area (Å²) in [6.45, 7) is 5.97. The molecule has 0 unspecified atom stereocenters. The van der Waals surface area contributed by atoms with Gasteiger partial charge in [-0.2, -0.15) is 0 Å². The third kappa shape index (κ3) is 3.11. The zero-order chi connectivity index (χ0) is 12.3. The minimum atomic E-state index is -0.161. The van der Waals surface area contributed by atoms with Gasteiger partial charge in [-0.3, -0.25) is 0 Å². The molecule has 0 bridgehead atoms. The number of piperidine rings is 1. The third-order valence-corrected chi connectivity index (χ3v) is 4.12. The summed E-state index contributed by atoms with van der Waals surface area (Å²) in [6.07, 6.45) is 2.32. The molecule has 0 amide bonds. The number of likely N-dealkylation sites (tertiary alicyclic amines) is 1. The number of hydrogen-bond donors (Lipinski definition) is 0. The highest BCUT2D eigenvalue weighted by atomic mass is 32.2. The van der Waals surface area contributed by atoms with Crippen LogP contribution in [0.5, 0.6) is 0 Å². The summed E-state index contributed by atoms with van der Waals surface area (Å²) in [7, 11) is 2.15. The molecule has 1 fully saturated rings. The third-order valence-electron chi connectivity index (χ3n) is 3.34. The van der Waals surface area contributed by atoms with E-state index in [9.17, 15) is 4.39 Å². The SMILES string of the molecule is C=CSc1cc(F)ccc1C1CCN(C)CC1. The van der Waals surface area contributed by atoms with Gasteiger partial charge in [-0.25, -0.2) is 4.39 Å². The molecule has 1 heterocycles. The van der Waals surface area contributed by atoms with Crippen molar-refractivity contribution in [1.29, 1.82) is 0 Å². The summed E-state index contributed by atoms with van der Waals surface area (Å²) in [5.74, 6) is 0.403. The second-order valence-electron chi connectivity index (χ2n) is 4.54. The van der Waals surface area contributed by atoms with Gasteiger partial charge in [0.25, 0.3) is 0 Å². The average Bonchev–Trinajstić information content (AvgIpc) is 2.31. The van der Waals surface area contributed by atoms with Gasteiger partial charge in [0, 0.05) is 4.90 Å². The van der Waals surface area contributed by atoms with Crippen LogP contribution in [0, 0.1) is 5.82 Å². The van der Waals surface area contributed by atoms with Crippen molar-refractivity contribution in [3.8, 4) is 0 Å². The van der Waals surface area contributed by atoms with Gasteiger partial charge in [-0.05, 0) is 62.0 Å². The van der Waals surface area contributed by atoms with Gasteiger partial charge in [0.15, 0.2) is 0 Å². The molecule has 0 atom stereocenters. The van der Waals surface area contributed by atoms with Gasteiger partial charge in [-0.1, -0.05) is 24.4 Å². The fourth-order valence-corrected chi connectivity index (χ4v) is 3.09. The molecule has 2 rings (SSSR count). The Morgan fingerprint density at radius 2 is 2.12 bits per heavy atom. The van der Waals surface area contributed by atoms with Gasteiger partial charge >= 0.3 is 0 Å². The molecular formula is C14H18FNS. The molecule has 1 aliphatic heterocycles. The highest BCUT2D eigenvalue weighted by Gasteiger charge is 2.20. The van der Waals surface area contributed by atoms with E-state index in [0.717, 1.165) is 30.8 Å². The van der Waals surface area contributed by atoms with Crippen LogP contribution in [0.3, 0.4) is 0 Å². The maximum absolute atomic E-state index is 13.2. The number of rotatable bonds is 3. The lowest BCUT2D eigenvalue weighted by atomic mass is 9.89. The Labute approximate surface area is 107 Å². The van der Waals surface area contributed by atoms with E-state index in [1.165, 1.54) is 17.3 Å². The molecule has 17 heavy (non-hydrogen) atoms. The van der Waals surface area contributed by atoms with E-state index in [4.69, 9.17) is 0 Å². The van der Waals surface area contributed by atoms with Gasteiger partial charge in [0.2, 0.25) is 0 Å². The Hall–Kier alpha value is -0.800. The van der Waals surface area contributed by atoms with Crippen molar-refractivity contribution in [2.45, 2.75) is 23.7 Å². The van der Waals surface area contributed by atoms with Crippen LogP contribution in [0.4, 0.5) is 4.39 Å². The smallest absolute Gasteiger partial charge is 0.124 e. The maximum Gasteiger partial charge on any atom is 0.124 e. The fraction of sp³-hybridized carbons (Fsp3) is 0.429. The lowest BCUT2D eigenvalue weighted by Gasteiger charge is -2.30. The van der Waals surface area contributed by atoms with Gasteiger partial charge in [0.05, 0.1) is 0 Å². The summed E-state index contributed by atoms with van der Waals surface area (Å²) in [4.78, 5) is 3.37. The molecule has 0 saturated carbocycles. The Morgan fingerprint density at radius 1 is 1.41 bits per heavy atom. The topological polar surface area (TPSA) is 3.24 Å². The Morgan fingerprint density at radius 3 is 2.76 bits per heavy atom. The second-order valence-corrected chi connectivity index (χ2v) is 5.55. The summed E-state index contributed by atoms with van der Waals surface area (Å²) in [6, 6.07) is 5.14. The molecule has 0 aliphatic carbocycles. The Balaban J connectivity index is 2.21. The summed E-state index contributed by atoms with van der Waals surface area (Å²) in [5.41, 5.74) is 1.28. The van der Waals surface area contributed by atoms with Gasteiger partial charge in [0.1, 0.15) is 5.82 Å². The standard InChI is InChI=1S/C14H18FNS/c1-3-17-14-10-12(15)4-5-13(14)11-6-8-16(2)9-7-11/h3-5,10-11H,1,6-9H2,2H3. The van der Waals surface area contributed by atoms with Crippen molar-refractivity contribution in [3.63, 3.8) is 0 Å². The Kier molecular flexibility index (Phi) is 4.24. The van der Waals surface area contributed by atoms with Crippen LogP contribution >= 0.6 is 11.8 Å². The molecule has 1 aromatic carbocycles. The first-order chi connectivity index (χ1) is 8.20. The van der Waals surface area contributed by atoms with E-state index < -0.39 is 0 Å². The van der Waals surface area contributed by atoms with E-state index >= 15 is 0 Å². The second kappa shape index (κ2) is 5.69. The molecule has 1 aromatic rings. The molecule has 0 aromatic heterocycles. The van der Waals surface area contributed by atoms with E-state index in [0.29, 0.717) is 5.92 Å². The molecule has 1 saturated heterocycles. The largest absolute Gasteiger partial charge is 0.306 e. The molecule has 1 nitrogen and oxygen atoms in total. The van der Waals surface area contributed by atoms with E-state index in [1.54, 1.807) is 17.5 Å². The summed E-state index contributed by atoms with van der Waals surface area (Å²) < 4.78 is 13.2. The van der Waals surface area contributed by atoms with Crippen LogP contribution in [-0.4, -0.2) is 25.0 Å². The van der Waals surface area contributed by atoms with Gasteiger partial charge < -0.3 is 4.90 Å². The van der Waals surface area contributed by atoms with Crippen LogP contribution in [0.25, 0.3) is 0 Å². The van der Waals surface area contributed by atoms with Crippen LogP contribution < -0.4 is 0 Å². The quantitative estimate of drug-likeness (QED) is 0.750. The predicted octanol–water partition coefficient (Wildman–Crippen LogP) is 3.87. The lowest BCUT2D eigenvalue weighted by molar-refractivity contribution is 0.254. The van der Waals surface area contributed by atoms with Crippen molar-refractivity contribution < 1.29 is 4.39 Å². The molecule has 0 N–H and O–H groups in total. The first-order valence-corrected chi connectivity index (χ1v) is 6.84. The highest BCUT2D eigenvalue weighted by molar-refractivity contribution is 8.02. The van der Waals surface area contributed by atoms with Crippen LogP contribution in [0.2, 0.25) is 0 Å². The summed E-state index contributed by atoms with van der Waals surface area (Å²) in [5, 5.41) is 1.77. The predicted molar refractivity (Wildman–Crippen MR) is 71.9 cm³/mol. The van der Waals surface area contributed by atoms with E-state index in [1.807, 2.05) is 6.07 Å². The van der Waals surface area contributed by atoms with Crippen LogP contribution in [-0.2, 0) is 0 Å². The normalized spacial score (nSPS) is 18.2. The minimum Gasteiger partial charge on any atom is -0.306 e. The van der Waals surface area contributed by atoms with Crippen molar-refractivity contribution in [2.75, 3.05) is 20.1 Å². The number of halogens is 1. The fourth-order valence-electron chi connectivity index (χ4n) is 2.36. The van der Waals surface area contributed by atoms with Gasteiger partial charge in [-0.15, -0.1) is 0 Å². The monoisotopic (exact) mass is 251 g/mol. The Bertz CT molecular complexity index is 397. The molecular weight excluding hydrogens is 233 g/mol. The summed E-state index contributed by atoms with van der Waals surface area (Å²) >= 11 is 1.52. The zero-order valence-corrected chi connectivity index (χ0v) is 11.0. The first-order valence-electron chi connectivity index (χ1n) is 5.96. The molecule has 1 aliphatic rings. The molecule has 0 spiro atoms. The van der Waals surface area contributed by atoms with Crippen molar-refractivity contribution >= 4 is 11.8 Å². The minimum absolute atomic E-state index is 0.161. The van der Waals surface area contributed by atoms with E-state index in [2.05, 4.69) is 18.5 Å². The zero-order valence-electron chi connectivity index (χ0n) is 10.2. The highest BCUT2D eigenvalue weighted by Crippen LogP contribution is 2.35. The maximum atomic E-state index is 13.2. The van der Waals surface area contributed by atoms with Crippen molar-refractivity contribution in [3.05, 3.63) is 41.6 Å². The molecule has 0 radical (unpaired) electrons. The molecule has 3 heteroatoms. The first kappa shape index (κ1) is 12.7. The lowest BCUT2D eigenvalue weighted by Crippen LogP contribution is -2.29. The van der Waals surface area contributed by atoms with Crippen molar-refractivity contribution in [2.24, 2.45) is 0 Å². The number of hydrogen-bond acceptors (Lipinski definition) is 2. The number of thioether (sulfide) groups is 1. The number of nitrogens with zero attached hydrogens (tertiary/aromatic N) is 1. The van der Waals surface area contributed by atoms with Crippen LogP contribution in [0.1, 0.15) is 24.3 Å².